The van der Waals surface area contributed by atoms with Crippen LogP contribution in [-0.4, -0.2) is 12.5 Å². The van der Waals surface area contributed by atoms with Crippen LogP contribution in [0.4, 0.5) is 0 Å². The van der Waals surface area contributed by atoms with Gasteiger partial charge in [-0.25, -0.2) is 0 Å². The second-order valence-electron chi connectivity index (χ2n) is 3.00. The fourth-order valence-electron chi connectivity index (χ4n) is 1.01. The van der Waals surface area contributed by atoms with Crippen molar-refractivity contribution >= 4 is 29.8 Å². The van der Waals surface area contributed by atoms with Gasteiger partial charge in [0.05, 0.1) is 10.7 Å². The first-order valence-electron chi connectivity index (χ1n) is 4.53. The van der Waals surface area contributed by atoms with Crippen LogP contribution in [0.1, 0.15) is 15.9 Å². The molecule has 0 spiro atoms. The minimum Gasteiger partial charge on any atom is -0.403 e. The number of nitrogens with zero attached hydrogens (tertiary/aromatic N) is 1. The van der Waals surface area contributed by atoms with Crippen molar-refractivity contribution in [1.29, 1.82) is 0 Å². The Labute approximate surface area is 98.9 Å². The van der Waals surface area contributed by atoms with Crippen LogP contribution in [0.2, 0.25) is 0 Å². The van der Waals surface area contributed by atoms with Crippen LogP contribution in [0.15, 0.2) is 47.1 Å². The Bertz CT molecular complexity index is 447. The molecule has 0 aliphatic heterocycles. The van der Waals surface area contributed by atoms with Gasteiger partial charge in [0.25, 0.3) is 0 Å². The number of aliphatic imine (C=N–C) groups is 1. The van der Waals surface area contributed by atoms with Crippen molar-refractivity contribution in [3.05, 3.63) is 53.2 Å². The van der Waals surface area contributed by atoms with Crippen LogP contribution in [0, 0.1) is 0 Å². The summed E-state index contributed by atoms with van der Waals surface area (Å²) in [5, 5.41) is 0.339. The summed E-state index contributed by atoms with van der Waals surface area (Å²) in [7, 11) is 0. The first kappa shape index (κ1) is 12.2. The van der Waals surface area contributed by atoms with Crippen molar-refractivity contribution < 1.29 is 4.79 Å². The molecule has 0 unspecified atom stereocenters. The lowest BCUT2D eigenvalue weighted by Crippen LogP contribution is -1.86. The zero-order valence-corrected chi connectivity index (χ0v) is 9.32. The number of allylic oxidation sites excluding steroid dienone is 1. The van der Waals surface area contributed by atoms with Crippen molar-refractivity contribution in [1.82, 2.24) is 0 Å². The molecule has 0 bridgehead atoms. The SMILES string of the molecule is C=C(N=C/C(Cl)=C\N)c1ccc(C=O)cc1. The van der Waals surface area contributed by atoms with E-state index in [9.17, 15) is 4.79 Å². The van der Waals surface area contributed by atoms with Crippen LogP contribution >= 0.6 is 11.6 Å². The molecule has 2 N–H and O–H groups in total. The predicted octanol–water partition coefficient (Wildman–Crippen LogP) is 2.58. The molecular formula is C12H11ClN2O. The third-order valence-corrected chi connectivity index (χ3v) is 2.11. The van der Waals surface area contributed by atoms with Gasteiger partial charge in [0.2, 0.25) is 0 Å². The zero-order valence-electron chi connectivity index (χ0n) is 8.56. The highest BCUT2D eigenvalue weighted by atomic mass is 35.5. The number of carbonyl (C=O) groups is 1. The molecule has 0 aliphatic rings. The summed E-state index contributed by atoms with van der Waals surface area (Å²) < 4.78 is 0. The molecule has 4 heteroatoms. The molecule has 0 atom stereocenters. The molecule has 0 amide bonds. The molecule has 1 rings (SSSR count). The summed E-state index contributed by atoms with van der Waals surface area (Å²) in [5.74, 6) is 0. The fourth-order valence-corrected chi connectivity index (χ4v) is 1.06. The average molecular weight is 235 g/mol. The van der Waals surface area contributed by atoms with E-state index in [0.29, 0.717) is 16.3 Å². The summed E-state index contributed by atoms with van der Waals surface area (Å²) in [6.45, 7) is 3.77. The molecule has 0 aliphatic carbocycles. The number of hydrogen-bond donors (Lipinski definition) is 1. The maximum Gasteiger partial charge on any atom is 0.150 e. The lowest BCUT2D eigenvalue weighted by molar-refractivity contribution is 0.112. The largest absolute Gasteiger partial charge is 0.403 e. The van der Waals surface area contributed by atoms with E-state index in [2.05, 4.69) is 11.6 Å². The second kappa shape index (κ2) is 5.88. The third kappa shape index (κ3) is 3.37. The van der Waals surface area contributed by atoms with Gasteiger partial charge in [-0.1, -0.05) is 42.4 Å². The maximum atomic E-state index is 10.5. The standard InChI is InChI=1S/C12H11ClN2O/c1-9(15-7-12(13)6-14)11-4-2-10(8-16)3-5-11/h2-8H,1,14H2/b12-6+,15-7?. The number of benzene rings is 1. The van der Waals surface area contributed by atoms with E-state index < -0.39 is 0 Å². The third-order valence-electron chi connectivity index (χ3n) is 1.88. The Morgan fingerprint density at radius 1 is 1.38 bits per heavy atom. The minimum atomic E-state index is 0.339. The summed E-state index contributed by atoms with van der Waals surface area (Å²) in [6, 6.07) is 6.93. The van der Waals surface area contributed by atoms with Crippen LogP contribution in [0.3, 0.4) is 0 Å². The maximum absolute atomic E-state index is 10.5. The van der Waals surface area contributed by atoms with Crippen molar-refractivity contribution in [2.24, 2.45) is 10.7 Å². The predicted molar refractivity (Wildman–Crippen MR) is 67.5 cm³/mol. The Hall–Kier alpha value is -1.87. The lowest BCUT2D eigenvalue weighted by Gasteiger charge is -1.99. The molecule has 1 aromatic carbocycles. The van der Waals surface area contributed by atoms with Gasteiger partial charge in [0, 0.05) is 18.0 Å². The molecule has 0 fully saturated rings. The van der Waals surface area contributed by atoms with Crippen LogP contribution < -0.4 is 5.73 Å². The highest BCUT2D eigenvalue weighted by Gasteiger charge is 1.96. The van der Waals surface area contributed by atoms with E-state index in [1.54, 1.807) is 24.3 Å². The molecule has 0 heterocycles. The Morgan fingerprint density at radius 3 is 2.50 bits per heavy atom. The van der Waals surface area contributed by atoms with Crippen molar-refractivity contribution in [3.8, 4) is 0 Å². The van der Waals surface area contributed by atoms with E-state index >= 15 is 0 Å². The first-order valence-corrected chi connectivity index (χ1v) is 4.91. The topological polar surface area (TPSA) is 55.4 Å². The number of halogens is 1. The van der Waals surface area contributed by atoms with E-state index in [-0.39, 0.29) is 0 Å². The van der Waals surface area contributed by atoms with Gasteiger partial charge in [-0.05, 0) is 5.56 Å². The number of carbonyl (C=O) groups excluding carboxylic acids is 1. The normalized spacial score (nSPS) is 11.7. The van der Waals surface area contributed by atoms with Gasteiger partial charge in [-0.15, -0.1) is 0 Å². The van der Waals surface area contributed by atoms with Crippen molar-refractivity contribution in [3.63, 3.8) is 0 Å². The van der Waals surface area contributed by atoms with Crippen molar-refractivity contribution in [2.45, 2.75) is 0 Å². The monoisotopic (exact) mass is 234 g/mol. The number of nitrogens with two attached hydrogens (primary N) is 1. The molecule has 82 valence electrons. The van der Waals surface area contributed by atoms with Gasteiger partial charge in [-0.2, -0.15) is 0 Å². The smallest absolute Gasteiger partial charge is 0.150 e. The molecule has 0 saturated carbocycles. The molecular weight excluding hydrogens is 224 g/mol. The molecule has 3 nitrogen and oxygen atoms in total. The fraction of sp³-hybridized carbons (Fsp3) is 0. The molecule has 1 aromatic rings. The van der Waals surface area contributed by atoms with E-state index in [1.165, 1.54) is 12.4 Å². The van der Waals surface area contributed by atoms with Crippen LogP contribution in [0.5, 0.6) is 0 Å². The summed E-state index contributed by atoms with van der Waals surface area (Å²) >= 11 is 5.64. The van der Waals surface area contributed by atoms with Crippen molar-refractivity contribution in [2.75, 3.05) is 0 Å². The average Bonchev–Trinajstić information content (AvgIpc) is 2.35. The molecule has 16 heavy (non-hydrogen) atoms. The highest BCUT2D eigenvalue weighted by molar-refractivity contribution is 6.39. The Balaban J connectivity index is 2.81. The Morgan fingerprint density at radius 2 is 2.00 bits per heavy atom. The number of aldehydes is 1. The summed E-state index contributed by atoms with van der Waals surface area (Å²) in [4.78, 5) is 14.5. The molecule has 0 saturated heterocycles. The van der Waals surface area contributed by atoms with E-state index in [4.69, 9.17) is 17.3 Å². The van der Waals surface area contributed by atoms with Gasteiger partial charge in [0.1, 0.15) is 6.29 Å². The quantitative estimate of drug-likeness (QED) is 0.643. The Kier molecular flexibility index (Phi) is 4.48. The van der Waals surface area contributed by atoms with E-state index in [0.717, 1.165) is 11.8 Å². The van der Waals surface area contributed by atoms with Gasteiger partial charge < -0.3 is 5.73 Å². The van der Waals surface area contributed by atoms with Crippen LogP contribution in [-0.2, 0) is 0 Å². The summed E-state index contributed by atoms with van der Waals surface area (Å²) in [6.07, 6.45) is 3.44. The summed E-state index contributed by atoms with van der Waals surface area (Å²) in [5.41, 5.74) is 7.17. The van der Waals surface area contributed by atoms with Gasteiger partial charge >= 0.3 is 0 Å². The minimum absolute atomic E-state index is 0.339. The number of hydrogen-bond acceptors (Lipinski definition) is 3. The van der Waals surface area contributed by atoms with Gasteiger partial charge in [0.15, 0.2) is 0 Å². The molecule has 0 radical (unpaired) electrons. The first-order chi connectivity index (χ1) is 7.67. The lowest BCUT2D eigenvalue weighted by atomic mass is 10.1. The second-order valence-corrected chi connectivity index (χ2v) is 3.43. The van der Waals surface area contributed by atoms with Gasteiger partial charge in [-0.3, -0.25) is 9.79 Å². The zero-order chi connectivity index (χ0) is 12.0. The van der Waals surface area contributed by atoms with E-state index in [1.807, 2.05) is 0 Å². The highest BCUT2D eigenvalue weighted by Crippen LogP contribution is 2.14. The van der Waals surface area contributed by atoms with Crippen LogP contribution in [0.25, 0.3) is 5.70 Å². The molecule has 0 aromatic heterocycles. The number of rotatable bonds is 4.